The second-order valence-electron chi connectivity index (χ2n) is 5.64. The van der Waals surface area contributed by atoms with Gasteiger partial charge in [-0.1, -0.05) is 39.7 Å². The molecule has 2 aromatic rings. The van der Waals surface area contributed by atoms with Crippen LogP contribution in [0.4, 0.5) is 0 Å². The van der Waals surface area contributed by atoms with Crippen molar-refractivity contribution in [3.8, 4) is 0 Å². The van der Waals surface area contributed by atoms with Gasteiger partial charge in [-0.2, -0.15) is 4.31 Å². The maximum atomic E-state index is 12.4. The zero-order valence-corrected chi connectivity index (χ0v) is 17.9. The van der Waals surface area contributed by atoms with Crippen LogP contribution in [0.5, 0.6) is 0 Å². The number of carbonyl (C=O) groups excluding carboxylic acids is 2. The smallest absolute Gasteiger partial charge is 0.262 e. The first-order chi connectivity index (χ1) is 13.2. The summed E-state index contributed by atoms with van der Waals surface area (Å²) in [5.41, 5.74) is 5.16. The summed E-state index contributed by atoms with van der Waals surface area (Å²) in [4.78, 5) is 23.7. The Labute approximate surface area is 176 Å². The van der Waals surface area contributed by atoms with Crippen molar-refractivity contribution < 1.29 is 18.0 Å². The summed E-state index contributed by atoms with van der Waals surface area (Å²) < 4.78 is 26.5. The molecule has 0 aromatic heterocycles. The summed E-state index contributed by atoms with van der Waals surface area (Å²) in [6, 6.07) is 12.9. The number of halogens is 2. The van der Waals surface area contributed by atoms with E-state index < -0.39 is 28.4 Å². The zero-order chi connectivity index (χ0) is 20.7. The molecule has 0 saturated carbocycles. The molecule has 2 N–H and O–H groups in total. The molecular weight excluding hydrogens is 470 g/mol. The fourth-order valence-corrected chi connectivity index (χ4v) is 3.74. The largest absolute Gasteiger partial charge is 0.272 e. The molecule has 0 spiro atoms. The second-order valence-corrected chi connectivity index (χ2v) is 9.04. The van der Waals surface area contributed by atoms with E-state index in [0.717, 1.165) is 14.3 Å². The Morgan fingerprint density at radius 3 is 2.46 bits per heavy atom. The molecule has 0 bridgehead atoms. The van der Waals surface area contributed by atoms with E-state index in [4.69, 9.17) is 11.6 Å². The van der Waals surface area contributed by atoms with E-state index in [9.17, 15) is 18.0 Å². The summed E-state index contributed by atoms with van der Waals surface area (Å²) >= 11 is 9.07. The first-order valence-electron chi connectivity index (χ1n) is 7.93. The normalized spacial score (nSPS) is 11.6. The van der Waals surface area contributed by atoms with Gasteiger partial charge >= 0.3 is 0 Å². The number of likely N-dealkylation sites (N-methyl/N-ethyl adjacent to an activating group) is 1. The van der Waals surface area contributed by atoms with E-state index in [0.29, 0.717) is 5.02 Å². The molecule has 2 aromatic carbocycles. The molecular formula is C18H17BrClN3O4S. The number of nitrogens with one attached hydrogen (secondary N) is 2. The molecule has 0 aliphatic carbocycles. The monoisotopic (exact) mass is 485 g/mol. The SMILES string of the molecule is CN(CC(=O)NNC(=O)/C=C/c1cccc(Br)c1)S(=O)(=O)c1ccc(Cl)cc1. The molecule has 28 heavy (non-hydrogen) atoms. The first-order valence-corrected chi connectivity index (χ1v) is 10.5. The third kappa shape index (κ3) is 6.45. The lowest BCUT2D eigenvalue weighted by atomic mass is 10.2. The number of nitrogens with zero attached hydrogens (tertiary/aromatic N) is 1. The highest BCUT2D eigenvalue weighted by molar-refractivity contribution is 9.10. The Balaban J connectivity index is 1.87. The van der Waals surface area contributed by atoms with Gasteiger partial charge in [0.2, 0.25) is 10.0 Å². The first kappa shape index (κ1) is 22.1. The van der Waals surface area contributed by atoms with Gasteiger partial charge in [0.1, 0.15) is 0 Å². The average Bonchev–Trinajstić information content (AvgIpc) is 2.65. The van der Waals surface area contributed by atoms with Crippen LogP contribution in [0.15, 0.2) is 64.0 Å². The predicted molar refractivity (Wildman–Crippen MR) is 111 cm³/mol. The third-order valence-corrected chi connectivity index (χ3v) is 6.05. The van der Waals surface area contributed by atoms with E-state index in [1.54, 1.807) is 6.08 Å². The van der Waals surface area contributed by atoms with Crippen molar-refractivity contribution >= 4 is 55.4 Å². The minimum absolute atomic E-state index is 0.00758. The molecule has 0 aliphatic rings. The molecule has 7 nitrogen and oxygen atoms in total. The van der Waals surface area contributed by atoms with Crippen molar-refractivity contribution in [3.05, 3.63) is 69.7 Å². The topological polar surface area (TPSA) is 95.6 Å². The van der Waals surface area contributed by atoms with Crippen molar-refractivity contribution in [2.45, 2.75) is 4.90 Å². The lowest BCUT2D eigenvalue weighted by molar-refractivity contribution is -0.126. The second kappa shape index (κ2) is 9.83. The van der Waals surface area contributed by atoms with Crippen LogP contribution in [0.3, 0.4) is 0 Å². The Kier molecular flexibility index (Phi) is 7.76. The van der Waals surface area contributed by atoms with Crippen molar-refractivity contribution in [1.82, 2.24) is 15.2 Å². The van der Waals surface area contributed by atoms with Crippen molar-refractivity contribution in [2.75, 3.05) is 13.6 Å². The number of amides is 2. The van der Waals surface area contributed by atoms with Crippen LogP contribution in [0.1, 0.15) is 5.56 Å². The quantitative estimate of drug-likeness (QED) is 0.485. The van der Waals surface area contributed by atoms with Gasteiger partial charge in [-0.05, 0) is 48.0 Å². The highest BCUT2D eigenvalue weighted by Gasteiger charge is 2.22. The van der Waals surface area contributed by atoms with Crippen molar-refractivity contribution in [3.63, 3.8) is 0 Å². The molecule has 0 fully saturated rings. The van der Waals surface area contributed by atoms with Gasteiger partial charge in [-0.15, -0.1) is 0 Å². The van der Waals surface area contributed by atoms with Crippen LogP contribution in [0.2, 0.25) is 5.02 Å². The zero-order valence-electron chi connectivity index (χ0n) is 14.7. The number of hydrogen-bond acceptors (Lipinski definition) is 4. The Bertz CT molecular complexity index is 994. The molecule has 2 rings (SSSR count). The molecule has 0 unspecified atom stereocenters. The van der Waals surface area contributed by atoms with E-state index in [-0.39, 0.29) is 4.90 Å². The van der Waals surface area contributed by atoms with Crippen molar-refractivity contribution in [1.29, 1.82) is 0 Å². The molecule has 0 saturated heterocycles. The molecule has 0 aliphatic heterocycles. The predicted octanol–water partition coefficient (Wildman–Crippen LogP) is 2.58. The lowest BCUT2D eigenvalue weighted by Gasteiger charge is -2.17. The maximum absolute atomic E-state index is 12.4. The number of rotatable bonds is 6. The van der Waals surface area contributed by atoms with Gasteiger partial charge in [0, 0.05) is 22.6 Å². The molecule has 0 radical (unpaired) electrons. The summed E-state index contributed by atoms with van der Waals surface area (Å²) in [7, 11) is -2.59. The van der Waals surface area contributed by atoms with Crippen LogP contribution in [0.25, 0.3) is 6.08 Å². The highest BCUT2D eigenvalue weighted by atomic mass is 79.9. The van der Waals surface area contributed by atoms with Crippen LogP contribution >= 0.6 is 27.5 Å². The van der Waals surface area contributed by atoms with Crippen LogP contribution in [0, 0.1) is 0 Å². The number of benzene rings is 2. The van der Waals surface area contributed by atoms with Gasteiger partial charge < -0.3 is 0 Å². The van der Waals surface area contributed by atoms with Crippen LogP contribution < -0.4 is 10.9 Å². The third-order valence-electron chi connectivity index (χ3n) is 3.49. The fraction of sp³-hybridized carbons (Fsp3) is 0.111. The van der Waals surface area contributed by atoms with Crippen LogP contribution in [-0.4, -0.2) is 38.1 Å². The van der Waals surface area contributed by atoms with Gasteiger partial charge in [0.15, 0.2) is 0 Å². The molecule has 0 heterocycles. The average molecular weight is 487 g/mol. The van der Waals surface area contributed by atoms with Gasteiger partial charge in [-0.3, -0.25) is 20.4 Å². The number of hydrazine groups is 1. The van der Waals surface area contributed by atoms with E-state index >= 15 is 0 Å². The maximum Gasteiger partial charge on any atom is 0.262 e. The van der Waals surface area contributed by atoms with Gasteiger partial charge in [-0.25, -0.2) is 8.42 Å². The number of hydrogen-bond donors (Lipinski definition) is 2. The molecule has 148 valence electrons. The standard InChI is InChI=1S/C18H17BrClN3O4S/c1-23(28(26,27)16-8-6-15(20)7-9-16)12-18(25)22-21-17(24)10-5-13-3-2-4-14(19)11-13/h2-11H,12H2,1H3,(H,21,24)(H,22,25)/b10-5+. The van der Waals surface area contributed by atoms with E-state index in [1.807, 2.05) is 24.3 Å². The van der Waals surface area contributed by atoms with Crippen LogP contribution in [-0.2, 0) is 19.6 Å². The van der Waals surface area contributed by atoms with Crippen molar-refractivity contribution in [2.24, 2.45) is 0 Å². The number of sulfonamides is 1. The van der Waals surface area contributed by atoms with E-state index in [2.05, 4.69) is 26.8 Å². The Morgan fingerprint density at radius 1 is 1.14 bits per heavy atom. The lowest BCUT2D eigenvalue weighted by Crippen LogP contribution is -2.46. The van der Waals surface area contributed by atoms with E-state index in [1.165, 1.54) is 37.4 Å². The Morgan fingerprint density at radius 2 is 1.82 bits per heavy atom. The summed E-state index contributed by atoms with van der Waals surface area (Å²) in [6.07, 6.45) is 2.82. The molecule has 10 heteroatoms. The fourth-order valence-electron chi connectivity index (χ4n) is 2.07. The summed E-state index contributed by atoms with van der Waals surface area (Å²) in [5.74, 6) is -1.25. The van der Waals surface area contributed by atoms with Gasteiger partial charge in [0.25, 0.3) is 11.8 Å². The summed E-state index contributed by atoms with van der Waals surface area (Å²) in [5, 5.41) is 0.401. The van der Waals surface area contributed by atoms with Gasteiger partial charge in [0.05, 0.1) is 11.4 Å². The minimum Gasteiger partial charge on any atom is -0.272 e. The Hall–Kier alpha value is -2.20. The molecule has 2 amide bonds. The summed E-state index contributed by atoms with van der Waals surface area (Å²) in [6.45, 7) is -0.472. The number of carbonyl (C=O) groups is 2. The minimum atomic E-state index is -3.86. The molecule has 0 atom stereocenters. The highest BCUT2D eigenvalue weighted by Crippen LogP contribution is 2.17.